The summed E-state index contributed by atoms with van der Waals surface area (Å²) < 4.78 is 2.59. The van der Waals surface area contributed by atoms with Crippen molar-refractivity contribution in [2.45, 2.75) is 6.92 Å². The lowest BCUT2D eigenvalue weighted by Gasteiger charge is -2.36. The Morgan fingerprint density at radius 2 is 1.72 bits per heavy atom. The SMILES string of the molecule is Cc1c(N2CCN(C(=O)c3ccccn3)CC2)c(=O)n(C)c(=O)n1C. The van der Waals surface area contributed by atoms with Crippen LogP contribution in [0.3, 0.4) is 0 Å². The summed E-state index contributed by atoms with van der Waals surface area (Å²) in [5.41, 5.74) is 0.942. The molecular formula is C17H21N5O3. The van der Waals surface area contributed by atoms with Gasteiger partial charge in [-0.05, 0) is 19.1 Å². The van der Waals surface area contributed by atoms with Crippen LogP contribution < -0.4 is 16.1 Å². The molecular weight excluding hydrogens is 322 g/mol. The maximum absolute atomic E-state index is 12.5. The van der Waals surface area contributed by atoms with Gasteiger partial charge in [0.05, 0.1) is 0 Å². The van der Waals surface area contributed by atoms with Crippen LogP contribution in [0.5, 0.6) is 0 Å². The molecule has 2 aromatic rings. The van der Waals surface area contributed by atoms with Gasteiger partial charge < -0.3 is 9.80 Å². The minimum Gasteiger partial charge on any atom is -0.362 e. The third-order valence-electron chi connectivity index (χ3n) is 4.69. The number of hydrogen-bond donors (Lipinski definition) is 0. The fourth-order valence-corrected chi connectivity index (χ4v) is 3.08. The van der Waals surface area contributed by atoms with Gasteiger partial charge in [0.1, 0.15) is 11.4 Å². The van der Waals surface area contributed by atoms with Gasteiger partial charge in [-0.25, -0.2) is 4.79 Å². The van der Waals surface area contributed by atoms with Gasteiger partial charge in [0.2, 0.25) is 0 Å². The van der Waals surface area contributed by atoms with E-state index in [9.17, 15) is 14.4 Å². The number of rotatable bonds is 2. The maximum atomic E-state index is 12.5. The summed E-state index contributed by atoms with van der Waals surface area (Å²) >= 11 is 0. The summed E-state index contributed by atoms with van der Waals surface area (Å²) in [4.78, 5) is 44.7. The van der Waals surface area contributed by atoms with E-state index in [1.807, 2.05) is 4.90 Å². The topological polar surface area (TPSA) is 80.4 Å². The van der Waals surface area contributed by atoms with Crippen molar-refractivity contribution in [1.29, 1.82) is 0 Å². The molecule has 0 aromatic carbocycles. The zero-order valence-corrected chi connectivity index (χ0v) is 14.6. The summed E-state index contributed by atoms with van der Waals surface area (Å²) in [5.74, 6) is -0.106. The van der Waals surface area contributed by atoms with Crippen molar-refractivity contribution in [1.82, 2.24) is 19.0 Å². The molecule has 0 radical (unpaired) electrons. The first-order chi connectivity index (χ1) is 11.9. The quantitative estimate of drug-likeness (QED) is 0.751. The molecule has 0 spiro atoms. The number of pyridine rings is 1. The Morgan fingerprint density at radius 1 is 1.04 bits per heavy atom. The molecule has 8 nitrogen and oxygen atoms in total. The Bertz CT molecular complexity index is 908. The van der Waals surface area contributed by atoms with Crippen molar-refractivity contribution >= 4 is 11.6 Å². The van der Waals surface area contributed by atoms with Crippen molar-refractivity contribution in [2.75, 3.05) is 31.1 Å². The number of amides is 1. The molecule has 0 bridgehead atoms. The second-order valence-electron chi connectivity index (χ2n) is 6.13. The summed E-state index contributed by atoms with van der Waals surface area (Å²) in [6.45, 7) is 3.84. The van der Waals surface area contributed by atoms with Gasteiger partial charge in [-0.1, -0.05) is 6.07 Å². The standard InChI is InChI=1S/C17H21N5O3/c1-12-14(16(24)20(3)17(25)19(12)2)21-8-10-22(11-9-21)15(23)13-6-4-5-7-18-13/h4-7H,8-11H2,1-3H3. The second kappa shape index (κ2) is 6.54. The summed E-state index contributed by atoms with van der Waals surface area (Å²) in [5, 5.41) is 0. The lowest BCUT2D eigenvalue weighted by Crippen LogP contribution is -2.52. The van der Waals surface area contributed by atoms with Crippen LogP contribution in [0, 0.1) is 6.92 Å². The number of piperazine rings is 1. The molecule has 1 amide bonds. The minimum atomic E-state index is -0.338. The predicted molar refractivity (Wildman–Crippen MR) is 94.0 cm³/mol. The summed E-state index contributed by atoms with van der Waals surface area (Å²) in [7, 11) is 3.13. The van der Waals surface area contributed by atoms with Gasteiger partial charge in [0, 0.05) is 52.2 Å². The molecule has 1 aliphatic heterocycles. The smallest absolute Gasteiger partial charge is 0.330 e. The highest BCUT2D eigenvalue weighted by molar-refractivity contribution is 5.92. The fraction of sp³-hybridized carbons (Fsp3) is 0.412. The first-order valence-electron chi connectivity index (χ1n) is 8.13. The molecule has 0 saturated carbocycles. The number of anilines is 1. The number of nitrogens with zero attached hydrogens (tertiary/aromatic N) is 5. The molecule has 1 aliphatic rings. The third-order valence-corrected chi connectivity index (χ3v) is 4.69. The highest BCUT2D eigenvalue weighted by Gasteiger charge is 2.26. The highest BCUT2D eigenvalue weighted by atomic mass is 16.2. The van der Waals surface area contributed by atoms with Crippen molar-refractivity contribution in [2.24, 2.45) is 14.1 Å². The summed E-state index contributed by atoms with van der Waals surface area (Å²) in [6, 6.07) is 5.25. The number of aromatic nitrogens is 3. The van der Waals surface area contributed by atoms with Crippen molar-refractivity contribution in [3.63, 3.8) is 0 Å². The van der Waals surface area contributed by atoms with E-state index in [1.54, 1.807) is 43.3 Å². The molecule has 3 heterocycles. The average molecular weight is 343 g/mol. The van der Waals surface area contributed by atoms with E-state index in [0.29, 0.717) is 43.3 Å². The Morgan fingerprint density at radius 3 is 2.32 bits per heavy atom. The zero-order valence-electron chi connectivity index (χ0n) is 14.6. The fourth-order valence-electron chi connectivity index (χ4n) is 3.08. The van der Waals surface area contributed by atoms with E-state index in [2.05, 4.69) is 4.98 Å². The van der Waals surface area contributed by atoms with E-state index in [0.717, 1.165) is 4.57 Å². The lowest BCUT2D eigenvalue weighted by atomic mass is 10.2. The van der Waals surface area contributed by atoms with Crippen molar-refractivity contribution in [3.8, 4) is 0 Å². The van der Waals surface area contributed by atoms with Crippen molar-refractivity contribution in [3.05, 3.63) is 56.6 Å². The zero-order chi connectivity index (χ0) is 18.1. The van der Waals surface area contributed by atoms with Crippen LogP contribution in [0.15, 0.2) is 34.0 Å². The van der Waals surface area contributed by atoms with Crippen LogP contribution >= 0.6 is 0 Å². The van der Waals surface area contributed by atoms with E-state index in [-0.39, 0.29) is 17.2 Å². The molecule has 0 aliphatic carbocycles. The molecule has 1 saturated heterocycles. The van der Waals surface area contributed by atoms with Crippen LogP contribution in [0.4, 0.5) is 5.69 Å². The molecule has 1 fully saturated rings. The Labute approximate surface area is 144 Å². The molecule has 132 valence electrons. The highest BCUT2D eigenvalue weighted by Crippen LogP contribution is 2.16. The van der Waals surface area contributed by atoms with Crippen molar-refractivity contribution < 1.29 is 4.79 Å². The monoisotopic (exact) mass is 343 g/mol. The normalized spacial score (nSPS) is 14.7. The summed E-state index contributed by atoms with van der Waals surface area (Å²) in [6.07, 6.45) is 1.60. The maximum Gasteiger partial charge on any atom is 0.330 e. The molecule has 0 atom stereocenters. The lowest BCUT2D eigenvalue weighted by molar-refractivity contribution is 0.0740. The van der Waals surface area contributed by atoms with Crippen LogP contribution in [-0.2, 0) is 14.1 Å². The predicted octanol–water partition coefficient (Wildman–Crippen LogP) is -0.250. The second-order valence-corrected chi connectivity index (χ2v) is 6.13. The van der Waals surface area contributed by atoms with Gasteiger partial charge in [0.15, 0.2) is 0 Å². The van der Waals surface area contributed by atoms with E-state index < -0.39 is 0 Å². The molecule has 0 N–H and O–H groups in total. The van der Waals surface area contributed by atoms with E-state index >= 15 is 0 Å². The van der Waals surface area contributed by atoms with E-state index in [4.69, 9.17) is 0 Å². The molecule has 3 rings (SSSR count). The van der Waals surface area contributed by atoms with Gasteiger partial charge in [0.25, 0.3) is 11.5 Å². The average Bonchev–Trinajstić information content (AvgIpc) is 2.65. The van der Waals surface area contributed by atoms with Crippen LogP contribution in [-0.4, -0.2) is 51.1 Å². The van der Waals surface area contributed by atoms with Crippen LogP contribution in [0.25, 0.3) is 0 Å². The number of carbonyl (C=O) groups is 1. The number of carbonyl (C=O) groups excluding carboxylic acids is 1. The Kier molecular flexibility index (Phi) is 4.43. The third kappa shape index (κ3) is 2.95. The largest absolute Gasteiger partial charge is 0.362 e. The minimum absolute atomic E-state index is 0.106. The molecule has 2 aromatic heterocycles. The Hall–Kier alpha value is -2.90. The van der Waals surface area contributed by atoms with Gasteiger partial charge >= 0.3 is 5.69 Å². The van der Waals surface area contributed by atoms with Gasteiger partial charge in [-0.2, -0.15) is 0 Å². The van der Waals surface area contributed by atoms with Crippen LogP contribution in [0.2, 0.25) is 0 Å². The van der Waals surface area contributed by atoms with Crippen LogP contribution in [0.1, 0.15) is 16.2 Å². The molecule has 25 heavy (non-hydrogen) atoms. The molecule has 0 unspecified atom stereocenters. The number of hydrogen-bond acceptors (Lipinski definition) is 5. The first-order valence-corrected chi connectivity index (χ1v) is 8.13. The van der Waals surface area contributed by atoms with Gasteiger partial charge in [-0.15, -0.1) is 0 Å². The molecule has 8 heteroatoms. The first kappa shape index (κ1) is 16.9. The van der Waals surface area contributed by atoms with Gasteiger partial charge in [-0.3, -0.25) is 23.7 Å². The van der Waals surface area contributed by atoms with E-state index in [1.165, 1.54) is 11.6 Å². The Balaban J connectivity index is 1.81.